The number of aliphatic hydroxyl groups is 3. The fraction of sp³-hybridized carbons (Fsp3) is 0.882. The number of ether oxygens (including phenoxy) is 4. The Kier molecular flexibility index (Phi) is 13.1. The molecule has 7 atom stereocenters. The van der Waals surface area contributed by atoms with Crippen molar-refractivity contribution in [2.45, 2.75) is 89.4 Å². The smallest absolute Gasteiger partial charge is 0.309 e. The van der Waals surface area contributed by atoms with E-state index in [-0.39, 0.29) is 45.6 Å². The summed E-state index contributed by atoms with van der Waals surface area (Å²) in [5.74, 6) is -1.01. The molecule has 0 aromatic heterocycles. The number of esters is 2. The number of rotatable bonds is 9. The van der Waals surface area contributed by atoms with E-state index in [1.165, 1.54) is 7.11 Å². The van der Waals surface area contributed by atoms with Gasteiger partial charge in [-0.15, -0.1) is 0 Å². The molecule has 0 bridgehead atoms. The fourth-order valence-corrected chi connectivity index (χ4v) is 2.56. The van der Waals surface area contributed by atoms with Gasteiger partial charge in [0.2, 0.25) is 0 Å². The van der Waals surface area contributed by atoms with Crippen LogP contribution in [0.4, 0.5) is 0 Å². The molecule has 1 aliphatic rings. The van der Waals surface area contributed by atoms with Gasteiger partial charge in [0.25, 0.3) is 0 Å². The van der Waals surface area contributed by atoms with Crippen molar-refractivity contribution in [2.24, 2.45) is 0 Å². The van der Waals surface area contributed by atoms with Gasteiger partial charge < -0.3 is 34.3 Å². The molecule has 1 rings (SSSR count). The molecule has 0 saturated carbocycles. The second-order valence-electron chi connectivity index (χ2n) is 6.35. The maximum atomic E-state index is 12.1. The van der Waals surface area contributed by atoms with Crippen molar-refractivity contribution in [3.8, 4) is 0 Å². The molecule has 155 valence electrons. The summed E-state index contributed by atoms with van der Waals surface area (Å²) >= 11 is 0. The van der Waals surface area contributed by atoms with Crippen molar-refractivity contribution in [3.05, 3.63) is 0 Å². The van der Waals surface area contributed by atoms with E-state index in [1.54, 1.807) is 20.8 Å². The van der Waals surface area contributed by atoms with E-state index in [1.807, 2.05) is 0 Å². The predicted molar refractivity (Wildman–Crippen MR) is 88.9 cm³/mol. The molecule has 0 amide bonds. The number of hydrogen-bond acceptors (Lipinski definition) is 9. The summed E-state index contributed by atoms with van der Waals surface area (Å²) in [7, 11) is 1.26. The molecule has 0 aromatic rings. The predicted octanol–water partition coefficient (Wildman–Crippen LogP) is -0.118. The minimum atomic E-state index is -1.44. The Labute approximate surface area is 184 Å². The van der Waals surface area contributed by atoms with Gasteiger partial charge in [0.05, 0.1) is 32.2 Å². The number of methoxy groups -OCH3 is 1. The molecule has 1 radical (unpaired) electrons. The van der Waals surface area contributed by atoms with E-state index in [0.717, 1.165) is 0 Å². The quantitative estimate of drug-likeness (QED) is 0.397. The monoisotopic (exact) mass is 467 g/mol. The molecule has 1 heterocycles. The maximum Gasteiger partial charge on any atom is 0.309 e. The zero-order valence-electron chi connectivity index (χ0n) is 16.2. The normalized spacial score (nSPS) is 30.0. The van der Waals surface area contributed by atoms with E-state index in [4.69, 9.17) is 14.2 Å². The fourth-order valence-electron chi connectivity index (χ4n) is 2.56. The van der Waals surface area contributed by atoms with Crippen LogP contribution in [0.3, 0.4) is 0 Å². The number of hydrogen-bond donors (Lipinski definition) is 3. The largest absolute Gasteiger partial charge is 0.469 e. The topological polar surface area (TPSA) is 132 Å². The summed E-state index contributed by atoms with van der Waals surface area (Å²) in [6, 6.07) is 0. The summed E-state index contributed by atoms with van der Waals surface area (Å²) in [6.07, 6.45) is -6.40. The van der Waals surface area contributed by atoms with Crippen LogP contribution in [0.1, 0.15) is 46.5 Å². The van der Waals surface area contributed by atoms with Gasteiger partial charge in [-0.2, -0.15) is 0 Å². The van der Waals surface area contributed by atoms with Gasteiger partial charge in [-0.1, -0.05) is 13.8 Å². The Morgan fingerprint density at radius 2 is 1.52 bits per heavy atom. The van der Waals surface area contributed by atoms with Gasteiger partial charge in [-0.05, 0) is 19.8 Å². The zero-order valence-corrected chi connectivity index (χ0v) is 19.1. The van der Waals surface area contributed by atoms with E-state index >= 15 is 0 Å². The molecule has 2 unspecified atom stereocenters. The van der Waals surface area contributed by atoms with E-state index in [0.29, 0.717) is 12.8 Å². The average Bonchev–Trinajstić information content (AvgIpc) is 2.62. The van der Waals surface area contributed by atoms with Crippen molar-refractivity contribution >= 4 is 11.9 Å². The molecule has 1 fully saturated rings. The Hall–Kier alpha value is -0.156. The molecule has 1 aliphatic heterocycles. The third-order valence-electron chi connectivity index (χ3n) is 4.36. The van der Waals surface area contributed by atoms with E-state index in [9.17, 15) is 24.9 Å². The molecule has 1 saturated heterocycles. The van der Waals surface area contributed by atoms with Crippen LogP contribution in [-0.4, -0.2) is 77.3 Å². The first-order valence-corrected chi connectivity index (χ1v) is 8.84. The van der Waals surface area contributed by atoms with Crippen molar-refractivity contribution in [3.63, 3.8) is 0 Å². The van der Waals surface area contributed by atoms with Crippen LogP contribution < -0.4 is 0 Å². The second-order valence-corrected chi connectivity index (χ2v) is 6.35. The van der Waals surface area contributed by atoms with Crippen molar-refractivity contribution in [1.82, 2.24) is 0 Å². The first-order valence-electron chi connectivity index (χ1n) is 8.84. The molecule has 0 aromatic carbocycles. The van der Waals surface area contributed by atoms with E-state index < -0.39 is 54.9 Å². The molecule has 0 spiro atoms. The molecule has 3 N–H and O–H groups in total. The SMILES string of the molecule is CC[C@H](CC(=O)OC)OC(=O)C[C@@H](CC)O[C@@H]1OC(C)[C@H](O)[C@H](O)C1O.[Y]. The van der Waals surface area contributed by atoms with Crippen LogP contribution in [0.25, 0.3) is 0 Å². The second kappa shape index (κ2) is 13.1. The summed E-state index contributed by atoms with van der Waals surface area (Å²) < 4.78 is 20.8. The Bertz CT molecular complexity index is 462. The van der Waals surface area contributed by atoms with Crippen LogP contribution in [0, 0.1) is 0 Å². The van der Waals surface area contributed by atoms with Gasteiger partial charge >= 0.3 is 11.9 Å². The minimum Gasteiger partial charge on any atom is -0.469 e. The minimum absolute atomic E-state index is 0. The Morgan fingerprint density at radius 1 is 0.963 bits per heavy atom. The summed E-state index contributed by atoms with van der Waals surface area (Å²) in [6.45, 7) is 5.12. The maximum absolute atomic E-state index is 12.1. The third-order valence-corrected chi connectivity index (χ3v) is 4.36. The van der Waals surface area contributed by atoms with Gasteiger partial charge in [0.1, 0.15) is 24.4 Å². The molecular weight excluding hydrogens is 437 g/mol. The first kappa shape index (κ1) is 26.8. The van der Waals surface area contributed by atoms with Crippen molar-refractivity contribution in [2.75, 3.05) is 7.11 Å². The van der Waals surface area contributed by atoms with Gasteiger partial charge in [0, 0.05) is 32.7 Å². The van der Waals surface area contributed by atoms with E-state index in [2.05, 4.69) is 4.74 Å². The molecular formula is C17H30O9Y. The summed E-state index contributed by atoms with van der Waals surface area (Å²) in [5, 5.41) is 29.5. The Balaban J connectivity index is 0.00000676. The molecule has 27 heavy (non-hydrogen) atoms. The van der Waals surface area contributed by atoms with Gasteiger partial charge in [0.15, 0.2) is 6.29 Å². The summed E-state index contributed by atoms with van der Waals surface area (Å²) in [5.41, 5.74) is 0. The molecule has 0 aliphatic carbocycles. The average molecular weight is 467 g/mol. The first-order chi connectivity index (χ1) is 12.2. The van der Waals surface area contributed by atoms with Crippen LogP contribution in [0.15, 0.2) is 0 Å². The van der Waals surface area contributed by atoms with Gasteiger partial charge in [-0.25, -0.2) is 0 Å². The number of carbonyl (C=O) groups excluding carboxylic acids is 2. The van der Waals surface area contributed by atoms with Crippen molar-refractivity contribution in [1.29, 1.82) is 0 Å². The number of aliphatic hydroxyl groups excluding tert-OH is 3. The summed E-state index contributed by atoms with van der Waals surface area (Å²) in [4.78, 5) is 23.4. The van der Waals surface area contributed by atoms with Crippen LogP contribution in [0.2, 0.25) is 0 Å². The third kappa shape index (κ3) is 8.39. The number of carbonyl (C=O) groups is 2. The Morgan fingerprint density at radius 3 is 2.04 bits per heavy atom. The van der Waals surface area contributed by atoms with Crippen LogP contribution >= 0.6 is 0 Å². The van der Waals surface area contributed by atoms with Crippen LogP contribution in [0.5, 0.6) is 0 Å². The standard InChI is InChI=1S/C17H30O9.Y/c1-5-10(7-12(18)23-4)25-13(19)8-11(6-2)26-17-16(22)15(21)14(20)9(3)24-17;/h9-11,14-17,20-22H,5-8H2,1-4H3;/t9?,10-,11-,14+,15+,16?,17+;/m1./s1. The molecule has 9 nitrogen and oxygen atoms in total. The van der Waals surface area contributed by atoms with Crippen molar-refractivity contribution < 1.29 is 76.6 Å². The molecule has 10 heteroatoms. The zero-order chi connectivity index (χ0) is 19.9. The van der Waals surface area contributed by atoms with Crippen LogP contribution in [-0.2, 0) is 61.2 Å². The van der Waals surface area contributed by atoms with Gasteiger partial charge in [-0.3, -0.25) is 9.59 Å².